The van der Waals surface area contributed by atoms with Gasteiger partial charge >= 0.3 is 6.09 Å². The molecule has 0 aliphatic heterocycles. The van der Waals surface area contributed by atoms with Gasteiger partial charge in [0.25, 0.3) is 11.6 Å². The zero-order chi connectivity index (χ0) is 24.4. The Kier molecular flexibility index (Phi) is 6.30. The normalized spacial score (nSPS) is 10.7. The molecular weight excluding hydrogens is 480 g/mol. The number of thiophene rings is 1. The number of nitrogens with zero attached hydrogens (tertiary/aromatic N) is 3. The molecule has 34 heavy (non-hydrogen) atoms. The Morgan fingerprint density at radius 1 is 1.18 bits per heavy atom. The van der Waals surface area contributed by atoms with Gasteiger partial charge in [0.2, 0.25) is 0 Å². The Morgan fingerprint density at radius 2 is 1.91 bits per heavy atom. The maximum absolute atomic E-state index is 12.3. The van der Waals surface area contributed by atoms with Crippen molar-refractivity contribution >= 4 is 62.4 Å². The van der Waals surface area contributed by atoms with Gasteiger partial charge in [-0.3, -0.25) is 20.2 Å². The number of amides is 2. The SMILES string of the molecule is CSc1nc(-c2cccc(NC(=O)Oc3ccc([N+](=O)[O-])cc3)c2)c2c(N)c(C(N)=O)sc2n1. The molecule has 0 unspecified atom stereocenters. The maximum atomic E-state index is 12.3. The molecule has 11 nitrogen and oxygen atoms in total. The summed E-state index contributed by atoms with van der Waals surface area (Å²) in [5, 5.41) is 14.3. The van der Waals surface area contributed by atoms with Gasteiger partial charge in [-0.25, -0.2) is 14.8 Å². The third-order valence-corrected chi connectivity index (χ3v) is 6.28. The van der Waals surface area contributed by atoms with Crippen LogP contribution in [0.5, 0.6) is 5.75 Å². The predicted octanol–water partition coefficient (Wildman–Crippen LogP) is 4.28. The molecule has 4 aromatic rings. The summed E-state index contributed by atoms with van der Waals surface area (Å²) in [4.78, 5) is 44.0. The molecule has 13 heteroatoms. The number of hydrogen-bond donors (Lipinski definition) is 3. The average Bonchev–Trinajstić information content (AvgIpc) is 3.15. The minimum absolute atomic E-state index is 0.117. The van der Waals surface area contributed by atoms with E-state index >= 15 is 0 Å². The molecule has 0 fully saturated rings. The van der Waals surface area contributed by atoms with Crippen molar-refractivity contribution in [3.8, 4) is 17.0 Å². The van der Waals surface area contributed by atoms with Crippen LogP contribution in [0.15, 0.2) is 53.7 Å². The second-order valence-corrected chi connectivity index (χ2v) is 8.57. The Labute approximate surface area is 200 Å². The van der Waals surface area contributed by atoms with Gasteiger partial charge in [0.05, 0.1) is 21.7 Å². The molecule has 2 aromatic carbocycles. The van der Waals surface area contributed by atoms with Crippen molar-refractivity contribution in [2.75, 3.05) is 17.3 Å². The molecule has 2 aromatic heterocycles. The number of nitrogens with one attached hydrogen (secondary N) is 1. The van der Waals surface area contributed by atoms with E-state index in [4.69, 9.17) is 16.2 Å². The first kappa shape index (κ1) is 22.9. The number of nitrogen functional groups attached to an aromatic ring is 1. The van der Waals surface area contributed by atoms with Gasteiger partial charge in [0.1, 0.15) is 15.5 Å². The van der Waals surface area contributed by atoms with Crippen LogP contribution in [0.1, 0.15) is 9.67 Å². The van der Waals surface area contributed by atoms with E-state index in [1.165, 1.54) is 36.0 Å². The summed E-state index contributed by atoms with van der Waals surface area (Å²) in [5.74, 6) is -0.507. The lowest BCUT2D eigenvalue weighted by molar-refractivity contribution is -0.384. The van der Waals surface area contributed by atoms with Crippen molar-refractivity contribution in [2.45, 2.75) is 5.16 Å². The number of carbonyl (C=O) groups is 2. The van der Waals surface area contributed by atoms with Crippen LogP contribution in [0.2, 0.25) is 0 Å². The number of nitro groups is 1. The molecule has 2 amide bonds. The van der Waals surface area contributed by atoms with E-state index in [-0.39, 0.29) is 22.0 Å². The number of anilines is 2. The van der Waals surface area contributed by atoms with Crippen molar-refractivity contribution < 1.29 is 19.2 Å². The molecule has 0 radical (unpaired) electrons. The third-order valence-electron chi connectivity index (χ3n) is 4.61. The number of primary amides is 1. The van der Waals surface area contributed by atoms with Crippen LogP contribution in [0.3, 0.4) is 0 Å². The topological polar surface area (TPSA) is 176 Å². The van der Waals surface area contributed by atoms with Crippen molar-refractivity contribution in [1.29, 1.82) is 0 Å². The molecule has 4 rings (SSSR count). The van der Waals surface area contributed by atoms with Crippen molar-refractivity contribution in [1.82, 2.24) is 9.97 Å². The molecular formula is C21H16N6O5S2. The van der Waals surface area contributed by atoms with E-state index in [0.717, 1.165) is 11.3 Å². The largest absolute Gasteiger partial charge is 0.417 e. The summed E-state index contributed by atoms with van der Waals surface area (Å²) in [6.07, 6.45) is 1.04. The quantitative estimate of drug-likeness (QED) is 0.152. The lowest BCUT2D eigenvalue weighted by Crippen LogP contribution is -2.16. The molecule has 5 N–H and O–H groups in total. The summed E-state index contributed by atoms with van der Waals surface area (Å²) in [7, 11) is 0. The number of benzene rings is 2. The van der Waals surface area contributed by atoms with E-state index in [9.17, 15) is 19.7 Å². The third kappa shape index (κ3) is 4.60. The van der Waals surface area contributed by atoms with Crippen LogP contribution in [-0.2, 0) is 0 Å². The van der Waals surface area contributed by atoms with Gasteiger partial charge in [0, 0.05) is 23.4 Å². The smallest absolute Gasteiger partial charge is 0.410 e. The number of ether oxygens (including phenoxy) is 1. The first-order chi connectivity index (χ1) is 16.3. The minimum atomic E-state index is -0.783. The number of fused-ring (bicyclic) bond motifs is 1. The number of nitrogens with two attached hydrogens (primary N) is 2. The Balaban J connectivity index is 1.64. The lowest BCUT2D eigenvalue weighted by Gasteiger charge is -2.10. The fourth-order valence-electron chi connectivity index (χ4n) is 3.12. The molecule has 0 spiro atoms. The van der Waals surface area contributed by atoms with E-state index in [0.29, 0.717) is 32.3 Å². The summed E-state index contributed by atoms with van der Waals surface area (Å²) < 4.78 is 5.18. The zero-order valence-corrected chi connectivity index (χ0v) is 19.1. The Bertz CT molecular complexity index is 1440. The maximum Gasteiger partial charge on any atom is 0.417 e. The van der Waals surface area contributed by atoms with Crippen LogP contribution < -0.4 is 21.5 Å². The second-order valence-electron chi connectivity index (χ2n) is 6.79. The zero-order valence-electron chi connectivity index (χ0n) is 17.5. The molecule has 172 valence electrons. The minimum Gasteiger partial charge on any atom is -0.410 e. The highest BCUT2D eigenvalue weighted by molar-refractivity contribution is 7.98. The highest BCUT2D eigenvalue weighted by atomic mass is 32.2. The number of nitro benzene ring substituents is 1. The highest BCUT2D eigenvalue weighted by Gasteiger charge is 2.21. The van der Waals surface area contributed by atoms with E-state index < -0.39 is 16.9 Å². The lowest BCUT2D eigenvalue weighted by atomic mass is 10.1. The van der Waals surface area contributed by atoms with Gasteiger partial charge in [0.15, 0.2) is 5.16 Å². The van der Waals surface area contributed by atoms with Gasteiger partial charge < -0.3 is 16.2 Å². The van der Waals surface area contributed by atoms with Crippen molar-refractivity contribution in [3.05, 3.63) is 63.5 Å². The van der Waals surface area contributed by atoms with E-state index in [2.05, 4.69) is 15.3 Å². The fraction of sp³-hybridized carbons (Fsp3) is 0.0476. The number of hydrogen-bond acceptors (Lipinski definition) is 10. The van der Waals surface area contributed by atoms with Crippen LogP contribution >= 0.6 is 23.1 Å². The van der Waals surface area contributed by atoms with Gasteiger partial charge in [-0.15, -0.1) is 11.3 Å². The summed E-state index contributed by atoms with van der Waals surface area (Å²) in [5.41, 5.74) is 13.2. The molecule has 0 atom stereocenters. The standard InChI is InChI=1S/C21H16N6O5S2/c1-33-20-25-16(14-15(22)17(18(23)28)34-19(14)26-20)10-3-2-4-11(9-10)24-21(29)32-13-7-5-12(6-8-13)27(30)31/h2-9H,22H2,1H3,(H2,23,28)(H,24,29). The van der Waals surface area contributed by atoms with Gasteiger partial charge in [-0.2, -0.15) is 0 Å². The summed E-state index contributed by atoms with van der Waals surface area (Å²) in [6, 6.07) is 11.9. The molecule has 0 saturated heterocycles. The highest BCUT2D eigenvalue weighted by Crippen LogP contribution is 2.39. The average molecular weight is 497 g/mol. The van der Waals surface area contributed by atoms with Crippen LogP contribution in [0, 0.1) is 10.1 Å². The number of aromatic nitrogens is 2. The first-order valence-corrected chi connectivity index (χ1v) is 11.6. The second kappa shape index (κ2) is 9.33. The first-order valence-electron chi connectivity index (χ1n) is 9.54. The summed E-state index contributed by atoms with van der Waals surface area (Å²) >= 11 is 2.42. The molecule has 0 aliphatic rings. The molecule has 2 heterocycles. The monoisotopic (exact) mass is 496 g/mol. The number of thioether (sulfide) groups is 1. The number of carbonyl (C=O) groups excluding carboxylic acids is 2. The molecule has 0 saturated carbocycles. The van der Waals surface area contributed by atoms with Gasteiger partial charge in [-0.1, -0.05) is 23.9 Å². The van der Waals surface area contributed by atoms with Crippen LogP contribution in [0.25, 0.3) is 21.5 Å². The number of rotatable bonds is 6. The summed E-state index contributed by atoms with van der Waals surface area (Å²) in [6.45, 7) is 0. The molecule has 0 bridgehead atoms. The molecule has 0 aliphatic carbocycles. The van der Waals surface area contributed by atoms with Crippen LogP contribution in [-0.4, -0.2) is 33.1 Å². The van der Waals surface area contributed by atoms with E-state index in [1.807, 2.05) is 6.26 Å². The Hall–Kier alpha value is -4.23. The van der Waals surface area contributed by atoms with Gasteiger partial charge in [-0.05, 0) is 30.5 Å². The fourth-order valence-corrected chi connectivity index (χ4v) is 4.49. The van der Waals surface area contributed by atoms with Crippen LogP contribution in [0.4, 0.5) is 21.9 Å². The van der Waals surface area contributed by atoms with E-state index in [1.54, 1.807) is 24.3 Å². The van der Waals surface area contributed by atoms with Crippen molar-refractivity contribution in [3.63, 3.8) is 0 Å². The van der Waals surface area contributed by atoms with Crippen molar-refractivity contribution in [2.24, 2.45) is 5.73 Å². The number of non-ortho nitro benzene ring substituents is 1. The Morgan fingerprint density at radius 3 is 2.56 bits per heavy atom. The predicted molar refractivity (Wildman–Crippen MR) is 130 cm³/mol.